The van der Waals surface area contributed by atoms with E-state index in [0.717, 1.165) is 27.0 Å². The summed E-state index contributed by atoms with van der Waals surface area (Å²) in [6.45, 7) is 0.00990. The number of rotatable bonds is 7. The van der Waals surface area contributed by atoms with Crippen molar-refractivity contribution in [2.45, 2.75) is 44.7 Å². The number of fused-ring (bicyclic) bond motifs is 2. The number of halogens is 6. The van der Waals surface area contributed by atoms with Crippen molar-refractivity contribution in [3.05, 3.63) is 94.8 Å². The van der Waals surface area contributed by atoms with E-state index >= 15 is 0 Å². The van der Waals surface area contributed by atoms with Gasteiger partial charge in [-0.3, -0.25) is 4.79 Å². The Kier molecular flexibility index (Phi) is 7.30. The third-order valence-corrected chi connectivity index (χ3v) is 6.74. The molecule has 39 heavy (non-hydrogen) atoms. The van der Waals surface area contributed by atoms with Crippen LogP contribution in [0.5, 0.6) is 0 Å². The van der Waals surface area contributed by atoms with Crippen molar-refractivity contribution in [2.24, 2.45) is 0 Å². The SMILES string of the molecule is O=C(CC(Cc1cc(F)c(F)cc1F)NCc1ccc2ccccc2c1)N1CCn2c(nnc2C(F)(F)F)C1. The fourth-order valence-corrected chi connectivity index (χ4v) is 4.73. The molecule has 3 aromatic carbocycles. The lowest BCUT2D eigenvalue weighted by Crippen LogP contribution is -2.43. The van der Waals surface area contributed by atoms with Crippen molar-refractivity contribution in [3.8, 4) is 0 Å². The molecule has 1 N–H and O–H groups in total. The van der Waals surface area contributed by atoms with Crippen molar-refractivity contribution >= 4 is 16.7 Å². The van der Waals surface area contributed by atoms with Gasteiger partial charge in [-0.25, -0.2) is 13.2 Å². The number of alkyl halides is 3. The lowest BCUT2D eigenvalue weighted by atomic mass is 10.0. The smallest absolute Gasteiger partial charge is 0.333 e. The number of hydrogen-bond donors (Lipinski definition) is 1. The van der Waals surface area contributed by atoms with Gasteiger partial charge in [0.25, 0.3) is 0 Å². The van der Waals surface area contributed by atoms with E-state index in [1.165, 1.54) is 4.90 Å². The minimum absolute atomic E-state index is 0.00385. The number of carbonyl (C=O) groups is 1. The molecule has 0 saturated carbocycles. The maximum Gasteiger partial charge on any atom is 0.451 e. The van der Waals surface area contributed by atoms with Gasteiger partial charge in [-0.05, 0) is 40.5 Å². The molecular formula is C27H23F6N5O. The number of benzene rings is 3. The van der Waals surface area contributed by atoms with Crippen LogP contribution in [0.15, 0.2) is 54.6 Å². The van der Waals surface area contributed by atoms with Crippen LogP contribution in [0.25, 0.3) is 10.8 Å². The van der Waals surface area contributed by atoms with Crippen molar-refractivity contribution in [1.82, 2.24) is 25.0 Å². The monoisotopic (exact) mass is 547 g/mol. The van der Waals surface area contributed by atoms with Crippen molar-refractivity contribution in [2.75, 3.05) is 6.54 Å². The standard InChI is InChI=1S/C27H23F6N5O/c28-21-13-23(30)22(29)11-19(21)10-20(34-14-16-5-6-17-3-1-2-4-18(17)9-16)12-25(39)37-7-8-38-24(15-37)35-36-26(38)27(31,32)33/h1-6,9,11,13,20,34H,7-8,10,12,14-15H2. The molecule has 1 aromatic heterocycles. The Hall–Kier alpha value is -3.93. The minimum atomic E-state index is -4.66. The van der Waals surface area contributed by atoms with Gasteiger partial charge in [-0.2, -0.15) is 13.2 Å². The van der Waals surface area contributed by atoms with Gasteiger partial charge in [0.15, 0.2) is 17.5 Å². The molecule has 12 heteroatoms. The summed E-state index contributed by atoms with van der Waals surface area (Å²) in [5.41, 5.74) is 0.786. The zero-order chi connectivity index (χ0) is 27.7. The number of hydrogen-bond acceptors (Lipinski definition) is 4. The summed E-state index contributed by atoms with van der Waals surface area (Å²) in [6, 6.07) is 14.1. The zero-order valence-electron chi connectivity index (χ0n) is 20.5. The fraction of sp³-hybridized carbons (Fsp3) is 0.296. The molecule has 0 aliphatic carbocycles. The van der Waals surface area contributed by atoms with E-state index in [1.54, 1.807) is 0 Å². The van der Waals surface area contributed by atoms with Gasteiger partial charge in [0.1, 0.15) is 5.82 Å². The lowest BCUT2D eigenvalue weighted by Gasteiger charge is -2.30. The highest BCUT2D eigenvalue weighted by Crippen LogP contribution is 2.29. The van der Waals surface area contributed by atoms with Crippen LogP contribution >= 0.6 is 0 Å². The maximum absolute atomic E-state index is 14.4. The molecule has 1 aliphatic heterocycles. The van der Waals surface area contributed by atoms with Gasteiger partial charge in [0.2, 0.25) is 11.7 Å². The molecule has 4 aromatic rings. The molecule has 5 rings (SSSR count). The number of carbonyl (C=O) groups excluding carboxylic acids is 1. The van der Waals surface area contributed by atoms with Gasteiger partial charge in [0.05, 0.1) is 6.54 Å². The van der Waals surface area contributed by atoms with Crippen LogP contribution in [0.4, 0.5) is 26.3 Å². The molecule has 0 saturated heterocycles. The van der Waals surface area contributed by atoms with Gasteiger partial charge in [-0.1, -0.05) is 36.4 Å². The Bertz CT molecular complexity index is 1520. The second-order valence-electron chi connectivity index (χ2n) is 9.43. The number of amides is 1. The summed E-state index contributed by atoms with van der Waals surface area (Å²) in [6.07, 6.45) is -4.94. The molecule has 6 nitrogen and oxygen atoms in total. The number of nitrogens with one attached hydrogen (secondary N) is 1. The molecule has 204 valence electrons. The highest BCUT2D eigenvalue weighted by molar-refractivity contribution is 5.83. The predicted octanol–water partition coefficient (Wildman–Crippen LogP) is 5.00. The Morgan fingerprint density at radius 3 is 2.44 bits per heavy atom. The molecular weight excluding hydrogens is 524 g/mol. The molecule has 1 aliphatic rings. The molecule has 1 unspecified atom stereocenters. The normalized spacial score (nSPS) is 14.5. The molecule has 2 heterocycles. The average Bonchev–Trinajstić information content (AvgIpc) is 3.34. The molecule has 0 fully saturated rings. The topological polar surface area (TPSA) is 63.1 Å². The first-order chi connectivity index (χ1) is 18.6. The Morgan fingerprint density at radius 2 is 1.67 bits per heavy atom. The molecule has 1 amide bonds. The lowest BCUT2D eigenvalue weighted by molar-refractivity contribution is -0.148. The maximum atomic E-state index is 14.4. The van der Waals surface area contributed by atoms with Crippen LogP contribution < -0.4 is 5.32 Å². The van der Waals surface area contributed by atoms with E-state index in [4.69, 9.17) is 0 Å². The van der Waals surface area contributed by atoms with Gasteiger partial charge in [-0.15, -0.1) is 10.2 Å². The minimum Gasteiger partial charge on any atom is -0.333 e. The van der Waals surface area contributed by atoms with E-state index in [2.05, 4.69) is 15.5 Å². The summed E-state index contributed by atoms with van der Waals surface area (Å²) in [4.78, 5) is 14.5. The molecule has 0 radical (unpaired) electrons. The summed E-state index contributed by atoms with van der Waals surface area (Å²) in [7, 11) is 0. The third kappa shape index (κ3) is 5.90. The fourth-order valence-electron chi connectivity index (χ4n) is 4.73. The van der Waals surface area contributed by atoms with Crippen LogP contribution in [-0.4, -0.2) is 38.2 Å². The van der Waals surface area contributed by atoms with Crippen molar-refractivity contribution in [3.63, 3.8) is 0 Å². The van der Waals surface area contributed by atoms with E-state index in [1.807, 2.05) is 42.5 Å². The highest BCUT2D eigenvalue weighted by atomic mass is 19.4. The van der Waals surface area contributed by atoms with Crippen LogP contribution in [0.1, 0.15) is 29.2 Å². The first-order valence-electron chi connectivity index (χ1n) is 12.2. The predicted molar refractivity (Wildman–Crippen MR) is 130 cm³/mol. The quantitative estimate of drug-likeness (QED) is 0.261. The van der Waals surface area contributed by atoms with Crippen LogP contribution in [0, 0.1) is 17.5 Å². The number of nitrogens with zero attached hydrogens (tertiary/aromatic N) is 4. The van der Waals surface area contributed by atoms with Crippen molar-refractivity contribution in [1.29, 1.82) is 0 Å². The van der Waals surface area contributed by atoms with Gasteiger partial charge < -0.3 is 14.8 Å². The van der Waals surface area contributed by atoms with E-state index in [9.17, 15) is 31.1 Å². The van der Waals surface area contributed by atoms with Crippen LogP contribution in [0.2, 0.25) is 0 Å². The summed E-state index contributed by atoms with van der Waals surface area (Å²) in [5.74, 6) is -4.98. The summed E-state index contributed by atoms with van der Waals surface area (Å²) >= 11 is 0. The zero-order valence-corrected chi connectivity index (χ0v) is 20.5. The third-order valence-electron chi connectivity index (χ3n) is 6.74. The molecule has 0 bridgehead atoms. The summed E-state index contributed by atoms with van der Waals surface area (Å²) < 4.78 is 82.2. The molecule has 0 spiro atoms. The van der Waals surface area contributed by atoms with E-state index < -0.39 is 41.4 Å². The average molecular weight is 548 g/mol. The van der Waals surface area contributed by atoms with Crippen LogP contribution in [-0.2, 0) is 37.0 Å². The second-order valence-corrected chi connectivity index (χ2v) is 9.43. The van der Waals surface area contributed by atoms with Crippen LogP contribution in [0.3, 0.4) is 0 Å². The Labute approximate surface area is 219 Å². The second kappa shape index (κ2) is 10.7. The van der Waals surface area contributed by atoms with E-state index in [0.29, 0.717) is 12.6 Å². The van der Waals surface area contributed by atoms with E-state index in [-0.39, 0.29) is 43.9 Å². The largest absolute Gasteiger partial charge is 0.451 e. The van der Waals surface area contributed by atoms with Gasteiger partial charge >= 0.3 is 6.18 Å². The van der Waals surface area contributed by atoms with Crippen molar-refractivity contribution < 1.29 is 31.1 Å². The molecule has 1 atom stereocenters. The number of aromatic nitrogens is 3. The Morgan fingerprint density at radius 1 is 0.923 bits per heavy atom. The first-order valence-corrected chi connectivity index (χ1v) is 12.2. The Balaban J connectivity index is 1.33. The highest BCUT2D eigenvalue weighted by Gasteiger charge is 2.40. The van der Waals surface area contributed by atoms with Gasteiger partial charge in [0, 0.05) is 38.2 Å². The first kappa shape index (κ1) is 26.7. The summed E-state index contributed by atoms with van der Waals surface area (Å²) in [5, 5.41) is 12.1.